The van der Waals surface area contributed by atoms with Crippen LogP contribution in [0.1, 0.15) is 35.3 Å². The van der Waals surface area contributed by atoms with Crippen molar-refractivity contribution in [1.29, 1.82) is 0 Å². The van der Waals surface area contributed by atoms with Gasteiger partial charge in [-0.05, 0) is 55.2 Å². The Morgan fingerprint density at radius 3 is 2.37 bits per heavy atom. The highest BCUT2D eigenvalue weighted by Crippen LogP contribution is 2.27. The summed E-state index contributed by atoms with van der Waals surface area (Å²) in [7, 11) is 0. The highest BCUT2D eigenvalue weighted by atomic mass is 16.5. The van der Waals surface area contributed by atoms with Gasteiger partial charge in [-0.3, -0.25) is 0 Å². The predicted molar refractivity (Wildman–Crippen MR) is 77.6 cm³/mol. The van der Waals surface area contributed by atoms with Gasteiger partial charge in [0.25, 0.3) is 0 Å². The smallest absolute Gasteiger partial charge is 0.119 e. The Bertz CT molecular complexity index is 544. The quantitative estimate of drug-likeness (QED) is 0.902. The Morgan fingerprint density at radius 1 is 1.05 bits per heavy atom. The van der Waals surface area contributed by atoms with Crippen LogP contribution in [-0.4, -0.2) is 11.7 Å². The van der Waals surface area contributed by atoms with E-state index in [1.807, 2.05) is 50.2 Å². The zero-order chi connectivity index (χ0) is 13.8. The average molecular weight is 256 g/mol. The Hall–Kier alpha value is -1.80. The molecule has 19 heavy (non-hydrogen) atoms. The minimum atomic E-state index is -0.587. The Balaban J connectivity index is 2.28. The zero-order valence-corrected chi connectivity index (χ0v) is 11.7. The van der Waals surface area contributed by atoms with E-state index in [2.05, 4.69) is 13.0 Å². The van der Waals surface area contributed by atoms with Crippen molar-refractivity contribution in [3.05, 3.63) is 64.7 Å². The van der Waals surface area contributed by atoms with Crippen molar-refractivity contribution in [3.8, 4) is 5.75 Å². The highest BCUT2D eigenvalue weighted by Gasteiger charge is 2.13. The first-order valence-corrected chi connectivity index (χ1v) is 6.60. The molecule has 0 aliphatic rings. The van der Waals surface area contributed by atoms with Crippen LogP contribution in [0.15, 0.2) is 42.5 Å². The second-order valence-corrected chi connectivity index (χ2v) is 4.69. The first-order valence-electron chi connectivity index (χ1n) is 6.60. The summed E-state index contributed by atoms with van der Waals surface area (Å²) in [6, 6.07) is 13.6. The standard InChI is InChI=1S/C17H20O2/c1-4-19-15-10-8-14(9-11-15)17(18)16-7-5-6-12(2)13(16)3/h5-11,17-18H,4H2,1-3H3. The lowest BCUT2D eigenvalue weighted by Gasteiger charge is -2.16. The number of hydrogen-bond acceptors (Lipinski definition) is 2. The largest absolute Gasteiger partial charge is 0.494 e. The van der Waals surface area contributed by atoms with Gasteiger partial charge in [-0.1, -0.05) is 30.3 Å². The van der Waals surface area contributed by atoms with E-state index in [0.29, 0.717) is 6.61 Å². The van der Waals surface area contributed by atoms with Crippen LogP contribution in [-0.2, 0) is 0 Å². The highest BCUT2D eigenvalue weighted by molar-refractivity contribution is 5.40. The molecule has 0 amide bonds. The normalized spacial score (nSPS) is 12.2. The van der Waals surface area contributed by atoms with Crippen molar-refractivity contribution in [2.24, 2.45) is 0 Å². The number of aryl methyl sites for hydroxylation is 1. The molecule has 0 bridgehead atoms. The van der Waals surface area contributed by atoms with Crippen LogP contribution in [0.25, 0.3) is 0 Å². The van der Waals surface area contributed by atoms with Crippen LogP contribution >= 0.6 is 0 Å². The number of hydrogen-bond donors (Lipinski definition) is 1. The Labute approximate surface area is 114 Å². The van der Waals surface area contributed by atoms with E-state index in [4.69, 9.17) is 4.74 Å². The van der Waals surface area contributed by atoms with Crippen LogP contribution in [0.2, 0.25) is 0 Å². The molecule has 0 aliphatic heterocycles. The van der Waals surface area contributed by atoms with E-state index in [1.165, 1.54) is 5.56 Å². The molecule has 2 rings (SSSR count). The third-order valence-electron chi connectivity index (χ3n) is 3.45. The fraction of sp³-hybridized carbons (Fsp3) is 0.294. The van der Waals surface area contributed by atoms with E-state index in [9.17, 15) is 5.11 Å². The minimum Gasteiger partial charge on any atom is -0.494 e. The summed E-state index contributed by atoms with van der Waals surface area (Å²) < 4.78 is 5.41. The van der Waals surface area contributed by atoms with Crippen molar-refractivity contribution in [3.63, 3.8) is 0 Å². The summed E-state index contributed by atoms with van der Waals surface area (Å²) in [5.74, 6) is 0.833. The first kappa shape index (κ1) is 13.6. The molecule has 2 nitrogen and oxygen atoms in total. The molecule has 0 saturated heterocycles. The van der Waals surface area contributed by atoms with Gasteiger partial charge < -0.3 is 9.84 Å². The molecule has 1 unspecified atom stereocenters. The molecule has 2 aromatic carbocycles. The third kappa shape index (κ3) is 2.96. The average Bonchev–Trinajstić information content (AvgIpc) is 2.42. The van der Waals surface area contributed by atoms with Gasteiger partial charge in [-0.2, -0.15) is 0 Å². The van der Waals surface area contributed by atoms with Gasteiger partial charge in [0.15, 0.2) is 0 Å². The topological polar surface area (TPSA) is 29.5 Å². The summed E-state index contributed by atoms with van der Waals surface area (Å²) in [5, 5.41) is 10.5. The Kier molecular flexibility index (Phi) is 4.23. The molecule has 1 atom stereocenters. The molecule has 0 aromatic heterocycles. The molecule has 0 spiro atoms. The fourth-order valence-corrected chi connectivity index (χ4v) is 2.16. The maximum absolute atomic E-state index is 10.5. The van der Waals surface area contributed by atoms with E-state index in [-0.39, 0.29) is 0 Å². The zero-order valence-electron chi connectivity index (χ0n) is 11.7. The van der Waals surface area contributed by atoms with Gasteiger partial charge in [0, 0.05) is 0 Å². The lowest BCUT2D eigenvalue weighted by molar-refractivity contribution is 0.219. The SMILES string of the molecule is CCOc1ccc(C(O)c2cccc(C)c2C)cc1. The van der Waals surface area contributed by atoms with Gasteiger partial charge in [0.1, 0.15) is 11.9 Å². The predicted octanol–water partition coefficient (Wildman–Crippen LogP) is 3.78. The summed E-state index contributed by atoms with van der Waals surface area (Å²) in [4.78, 5) is 0. The summed E-state index contributed by atoms with van der Waals surface area (Å²) in [6.45, 7) is 6.71. The molecule has 0 saturated carbocycles. The van der Waals surface area contributed by atoms with Crippen LogP contribution in [0.3, 0.4) is 0 Å². The van der Waals surface area contributed by atoms with Gasteiger partial charge >= 0.3 is 0 Å². The third-order valence-corrected chi connectivity index (χ3v) is 3.45. The number of benzene rings is 2. The monoisotopic (exact) mass is 256 g/mol. The number of ether oxygens (including phenoxy) is 1. The van der Waals surface area contributed by atoms with Crippen molar-refractivity contribution in [2.75, 3.05) is 6.61 Å². The van der Waals surface area contributed by atoms with E-state index in [1.54, 1.807) is 0 Å². The molecule has 100 valence electrons. The van der Waals surface area contributed by atoms with Crippen molar-refractivity contribution >= 4 is 0 Å². The minimum absolute atomic E-state index is 0.587. The molecule has 0 fully saturated rings. The fourth-order valence-electron chi connectivity index (χ4n) is 2.16. The van der Waals surface area contributed by atoms with E-state index >= 15 is 0 Å². The molecule has 0 aliphatic carbocycles. The van der Waals surface area contributed by atoms with Crippen LogP contribution in [0.4, 0.5) is 0 Å². The second-order valence-electron chi connectivity index (χ2n) is 4.69. The van der Waals surface area contributed by atoms with Gasteiger partial charge in [-0.25, -0.2) is 0 Å². The van der Waals surface area contributed by atoms with E-state index in [0.717, 1.165) is 22.4 Å². The van der Waals surface area contributed by atoms with Crippen molar-refractivity contribution in [1.82, 2.24) is 0 Å². The maximum Gasteiger partial charge on any atom is 0.119 e. The van der Waals surface area contributed by atoms with Crippen LogP contribution in [0, 0.1) is 13.8 Å². The lowest BCUT2D eigenvalue weighted by atomic mass is 9.95. The number of rotatable bonds is 4. The first-order chi connectivity index (χ1) is 9.13. The lowest BCUT2D eigenvalue weighted by Crippen LogP contribution is -2.03. The maximum atomic E-state index is 10.5. The Morgan fingerprint density at radius 2 is 1.74 bits per heavy atom. The van der Waals surface area contributed by atoms with Crippen molar-refractivity contribution in [2.45, 2.75) is 26.9 Å². The van der Waals surface area contributed by atoms with Gasteiger partial charge in [0.2, 0.25) is 0 Å². The molecular formula is C17H20O2. The molecule has 1 N–H and O–H groups in total. The summed E-state index contributed by atoms with van der Waals surface area (Å²) >= 11 is 0. The number of aliphatic hydroxyl groups excluding tert-OH is 1. The van der Waals surface area contributed by atoms with Crippen LogP contribution < -0.4 is 4.74 Å². The van der Waals surface area contributed by atoms with Crippen molar-refractivity contribution < 1.29 is 9.84 Å². The van der Waals surface area contributed by atoms with Gasteiger partial charge in [-0.15, -0.1) is 0 Å². The van der Waals surface area contributed by atoms with Gasteiger partial charge in [0.05, 0.1) is 6.61 Å². The molecule has 0 heterocycles. The molecule has 0 radical (unpaired) electrons. The molecular weight excluding hydrogens is 236 g/mol. The number of aliphatic hydroxyl groups is 1. The molecule has 2 aromatic rings. The second kappa shape index (κ2) is 5.89. The summed E-state index contributed by atoms with van der Waals surface area (Å²) in [6.07, 6.45) is -0.587. The summed E-state index contributed by atoms with van der Waals surface area (Å²) in [5.41, 5.74) is 4.19. The van der Waals surface area contributed by atoms with Crippen LogP contribution in [0.5, 0.6) is 5.75 Å². The molecule has 2 heteroatoms. The van der Waals surface area contributed by atoms with E-state index < -0.39 is 6.10 Å².